The number of carbonyl (C=O) groups is 2. The van der Waals surface area contributed by atoms with E-state index in [0.29, 0.717) is 42.8 Å². The van der Waals surface area contributed by atoms with Gasteiger partial charge >= 0.3 is 22.5 Å². The SMILES string of the molecule is CC#CCCC[C@@](C)(N=C(c1ccccc1)c1ccccc1[N-]C(=O)[C@@H]1CCCN1Cc1ccccc1)C(=O)O.[Ni+2]. The van der Waals surface area contributed by atoms with Gasteiger partial charge in [0.05, 0.1) is 17.7 Å². The van der Waals surface area contributed by atoms with Crippen molar-refractivity contribution in [2.75, 3.05) is 6.54 Å². The molecule has 1 aliphatic heterocycles. The molecule has 214 valence electrons. The van der Waals surface area contributed by atoms with Crippen molar-refractivity contribution < 1.29 is 31.2 Å². The fraction of sp³-hybridized carbons (Fsp3) is 0.324. The molecule has 4 rings (SSSR count). The molecule has 0 spiro atoms. The topological polar surface area (TPSA) is 84.1 Å². The summed E-state index contributed by atoms with van der Waals surface area (Å²) >= 11 is 0. The molecule has 1 heterocycles. The van der Waals surface area contributed by atoms with E-state index in [-0.39, 0.29) is 28.4 Å². The number of unbranched alkanes of at least 4 members (excludes halogenated alkanes) is 1. The number of rotatable bonds is 11. The van der Waals surface area contributed by atoms with Crippen molar-refractivity contribution in [1.82, 2.24) is 4.90 Å². The molecule has 0 aliphatic carbocycles. The molecule has 41 heavy (non-hydrogen) atoms. The second-order valence-electron chi connectivity index (χ2n) is 10.3. The molecule has 1 N–H and O–H groups in total. The fourth-order valence-electron chi connectivity index (χ4n) is 5.06. The zero-order valence-corrected chi connectivity index (χ0v) is 24.5. The predicted octanol–water partition coefficient (Wildman–Crippen LogP) is 6.75. The normalized spacial score (nSPS) is 16.5. The van der Waals surface area contributed by atoms with Gasteiger partial charge in [-0.3, -0.25) is 9.89 Å². The van der Waals surface area contributed by atoms with Crippen molar-refractivity contribution in [3.8, 4) is 11.8 Å². The summed E-state index contributed by atoms with van der Waals surface area (Å²) in [6.45, 7) is 4.96. The second-order valence-corrected chi connectivity index (χ2v) is 10.3. The van der Waals surface area contributed by atoms with Gasteiger partial charge in [-0.1, -0.05) is 84.9 Å². The zero-order chi connectivity index (χ0) is 28.4. The van der Waals surface area contributed by atoms with Crippen LogP contribution in [0.25, 0.3) is 5.32 Å². The minimum atomic E-state index is -1.37. The maximum absolute atomic E-state index is 13.6. The minimum absolute atomic E-state index is 0. The number of likely N-dealkylation sites (tertiary alicyclic amines) is 1. The van der Waals surface area contributed by atoms with Gasteiger partial charge in [0.15, 0.2) is 5.54 Å². The average molecular weight is 593 g/mol. The number of amides is 1. The number of carboxylic acid groups (broad SMARTS) is 1. The van der Waals surface area contributed by atoms with Crippen LogP contribution in [0.15, 0.2) is 89.9 Å². The minimum Gasteiger partial charge on any atom is -0.625 e. The molecule has 7 heteroatoms. The molecule has 1 fully saturated rings. The van der Waals surface area contributed by atoms with Crippen LogP contribution in [0.3, 0.4) is 0 Å². The van der Waals surface area contributed by atoms with Crippen LogP contribution in [0, 0.1) is 11.8 Å². The van der Waals surface area contributed by atoms with Crippen molar-refractivity contribution in [3.63, 3.8) is 0 Å². The molecule has 0 saturated carbocycles. The third-order valence-electron chi connectivity index (χ3n) is 7.28. The summed E-state index contributed by atoms with van der Waals surface area (Å²) in [6, 6.07) is 26.7. The summed E-state index contributed by atoms with van der Waals surface area (Å²) in [5.41, 5.74) is 2.20. The van der Waals surface area contributed by atoms with Gasteiger partial charge in [0.25, 0.3) is 0 Å². The van der Waals surface area contributed by atoms with Gasteiger partial charge in [-0.05, 0) is 57.2 Å². The van der Waals surface area contributed by atoms with Crippen LogP contribution in [-0.4, -0.2) is 45.7 Å². The van der Waals surface area contributed by atoms with E-state index in [1.54, 1.807) is 19.9 Å². The van der Waals surface area contributed by atoms with E-state index in [4.69, 9.17) is 4.99 Å². The number of para-hydroxylation sites is 1. The van der Waals surface area contributed by atoms with Crippen LogP contribution in [0.2, 0.25) is 0 Å². The Morgan fingerprint density at radius 2 is 1.68 bits per heavy atom. The maximum atomic E-state index is 13.6. The number of carbonyl (C=O) groups excluding carboxylic acids is 1. The Morgan fingerprint density at radius 3 is 2.37 bits per heavy atom. The van der Waals surface area contributed by atoms with E-state index < -0.39 is 11.5 Å². The van der Waals surface area contributed by atoms with E-state index in [0.717, 1.165) is 24.9 Å². The van der Waals surface area contributed by atoms with Gasteiger partial charge in [-0.25, -0.2) is 4.79 Å². The molecule has 0 aromatic heterocycles. The summed E-state index contributed by atoms with van der Waals surface area (Å²) in [4.78, 5) is 33.1. The summed E-state index contributed by atoms with van der Waals surface area (Å²) in [5, 5.41) is 14.8. The number of nitrogens with zero attached hydrogens (tertiary/aromatic N) is 3. The number of hydrogen-bond acceptors (Lipinski definition) is 4. The molecule has 3 aromatic rings. The second kappa shape index (κ2) is 15.3. The average Bonchev–Trinajstić information content (AvgIpc) is 3.44. The first-order valence-electron chi connectivity index (χ1n) is 13.8. The smallest absolute Gasteiger partial charge is 0.625 e. The van der Waals surface area contributed by atoms with E-state index in [1.807, 2.05) is 66.7 Å². The zero-order valence-electron chi connectivity index (χ0n) is 23.5. The molecule has 1 saturated heterocycles. The number of aliphatic imine (C=N–C) groups is 1. The number of benzene rings is 3. The van der Waals surface area contributed by atoms with E-state index >= 15 is 0 Å². The Kier molecular flexibility index (Phi) is 11.9. The number of aliphatic carboxylic acids is 1. The first-order chi connectivity index (χ1) is 19.4. The number of carboxylic acids is 1. The molecule has 2 atom stereocenters. The third-order valence-corrected chi connectivity index (χ3v) is 7.28. The quantitative estimate of drug-likeness (QED) is 0.115. The van der Waals surface area contributed by atoms with Crippen molar-refractivity contribution in [3.05, 3.63) is 107 Å². The van der Waals surface area contributed by atoms with Crippen molar-refractivity contribution in [2.45, 2.75) is 64.1 Å². The monoisotopic (exact) mass is 592 g/mol. The first-order valence-corrected chi connectivity index (χ1v) is 13.8. The summed E-state index contributed by atoms with van der Waals surface area (Å²) < 4.78 is 0. The van der Waals surface area contributed by atoms with Gasteiger partial charge in [-0.2, -0.15) is 0 Å². The Bertz CT molecular complexity index is 1400. The Morgan fingerprint density at radius 1 is 1.02 bits per heavy atom. The summed E-state index contributed by atoms with van der Waals surface area (Å²) in [6.07, 6.45) is 3.25. The number of hydrogen-bond donors (Lipinski definition) is 1. The standard InChI is InChI=1S/C34H37N3O3.Ni/c1-3-4-5-14-23-34(2,33(39)40)36-31(27-18-10-7-11-19-27)28-20-12-13-21-29(28)35-32(38)30-22-15-24-37(30)25-26-16-8-6-9-17-26;/h6-13,16-21,30H,5,14-15,22-25H2,1-2H3,(H2,35,36,38,39,40);/q;+2/p-1/t30-,34+;/m0./s1. The van der Waals surface area contributed by atoms with Gasteiger partial charge in [-0.15, -0.1) is 17.5 Å². The van der Waals surface area contributed by atoms with Crippen LogP contribution >= 0.6 is 0 Å². The van der Waals surface area contributed by atoms with Gasteiger partial charge in [0.2, 0.25) is 0 Å². The molecule has 0 bridgehead atoms. The summed E-state index contributed by atoms with van der Waals surface area (Å²) in [7, 11) is 0. The maximum Gasteiger partial charge on any atom is 2.00 e. The van der Waals surface area contributed by atoms with Crippen LogP contribution in [0.1, 0.15) is 62.6 Å². The molecular weight excluding hydrogens is 557 g/mol. The molecular formula is C34H36N3NiO3+. The Hall–Kier alpha value is -3.72. The molecule has 3 aromatic carbocycles. The van der Waals surface area contributed by atoms with E-state index in [1.165, 1.54) is 5.56 Å². The molecule has 6 nitrogen and oxygen atoms in total. The third kappa shape index (κ3) is 8.39. The van der Waals surface area contributed by atoms with Crippen LogP contribution in [0.4, 0.5) is 5.69 Å². The summed E-state index contributed by atoms with van der Waals surface area (Å²) in [5.74, 6) is 4.68. The molecule has 0 unspecified atom stereocenters. The van der Waals surface area contributed by atoms with Crippen molar-refractivity contribution >= 4 is 23.3 Å². The van der Waals surface area contributed by atoms with Gasteiger partial charge < -0.3 is 15.2 Å². The molecule has 1 aliphatic rings. The van der Waals surface area contributed by atoms with Crippen molar-refractivity contribution in [2.24, 2.45) is 4.99 Å². The fourth-order valence-corrected chi connectivity index (χ4v) is 5.06. The van der Waals surface area contributed by atoms with E-state index in [2.05, 4.69) is 34.2 Å². The van der Waals surface area contributed by atoms with Crippen LogP contribution in [0.5, 0.6) is 0 Å². The van der Waals surface area contributed by atoms with Crippen LogP contribution < -0.4 is 0 Å². The first kappa shape index (κ1) is 31.8. The Labute approximate surface area is 253 Å². The largest absolute Gasteiger partial charge is 2.00 e. The molecule has 1 amide bonds. The molecule has 0 radical (unpaired) electrons. The van der Waals surface area contributed by atoms with Gasteiger partial charge in [0.1, 0.15) is 0 Å². The Balaban J connectivity index is 0.00000462. The van der Waals surface area contributed by atoms with Crippen LogP contribution in [-0.2, 0) is 32.6 Å². The van der Waals surface area contributed by atoms with E-state index in [9.17, 15) is 14.7 Å². The van der Waals surface area contributed by atoms with Crippen molar-refractivity contribution in [1.29, 1.82) is 0 Å². The van der Waals surface area contributed by atoms with Gasteiger partial charge in [0, 0.05) is 18.5 Å². The predicted molar refractivity (Wildman–Crippen MR) is 160 cm³/mol.